The fraction of sp³-hybridized carbons (Fsp3) is 0.143. The number of rotatable bonds is 6. The average Bonchev–Trinajstić information content (AvgIpc) is 2.70. The first-order valence-electron chi connectivity index (χ1n) is 9.05. The van der Waals surface area contributed by atoms with Crippen LogP contribution in [0.1, 0.15) is 18.1 Å². The summed E-state index contributed by atoms with van der Waals surface area (Å²) in [7, 11) is 0. The number of benzene rings is 2. The molecule has 0 aromatic heterocycles. The van der Waals surface area contributed by atoms with Crippen LogP contribution in [0.4, 0.5) is 10.5 Å². The Labute approximate surface area is 199 Å². The Morgan fingerprint density at radius 2 is 1.90 bits per heavy atom. The Morgan fingerprint density at radius 3 is 2.48 bits per heavy atom. The first kappa shape index (κ1) is 22.9. The van der Waals surface area contributed by atoms with Crippen LogP contribution in [0.15, 0.2) is 46.4 Å². The molecule has 8 nitrogen and oxygen atoms in total. The van der Waals surface area contributed by atoms with Crippen molar-refractivity contribution in [2.75, 3.05) is 11.5 Å². The van der Waals surface area contributed by atoms with Crippen LogP contribution in [0.25, 0.3) is 6.08 Å². The predicted octanol–water partition coefficient (Wildman–Crippen LogP) is 3.75. The number of carbonyl (C=O) groups is 4. The molecule has 160 valence electrons. The third-order valence-corrected chi connectivity index (χ3v) is 5.77. The number of aliphatic carboxylic acids is 1. The Hall–Kier alpha value is -2.73. The van der Waals surface area contributed by atoms with Gasteiger partial charge in [0.1, 0.15) is 11.3 Å². The summed E-state index contributed by atoms with van der Waals surface area (Å²) < 4.78 is 6.28. The summed E-state index contributed by atoms with van der Waals surface area (Å²) in [5.74, 6) is -2.32. The van der Waals surface area contributed by atoms with E-state index in [9.17, 15) is 19.2 Å². The lowest BCUT2D eigenvalue weighted by Crippen LogP contribution is -2.54. The number of urea groups is 1. The lowest BCUT2D eigenvalue weighted by atomic mass is 10.1. The molecule has 0 bridgehead atoms. The van der Waals surface area contributed by atoms with Crippen molar-refractivity contribution in [3.63, 3.8) is 0 Å². The maximum atomic E-state index is 13.0. The second-order valence-electron chi connectivity index (χ2n) is 6.47. The van der Waals surface area contributed by atoms with Crippen molar-refractivity contribution in [1.82, 2.24) is 5.32 Å². The van der Waals surface area contributed by atoms with Crippen LogP contribution in [-0.4, -0.2) is 35.5 Å². The summed E-state index contributed by atoms with van der Waals surface area (Å²) in [5.41, 5.74) is 1.69. The van der Waals surface area contributed by atoms with E-state index in [1.807, 2.05) is 41.6 Å². The van der Waals surface area contributed by atoms with Crippen LogP contribution in [0.3, 0.4) is 0 Å². The summed E-state index contributed by atoms with van der Waals surface area (Å²) in [4.78, 5) is 49.3. The van der Waals surface area contributed by atoms with Gasteiger partial charge in [-0.1, -0.05) is 19.1 Å². The van der Waals surface area contributed by atoms with E-state index in [4.69, 9.17) is 9.84 Å². The minimum absolute atomic E-state index is 0.207. The van der Waals surface area contributed by atoms with Crippen molar-refractivity contribution < 1.29 is 29.0 Å². The van der Waals surface area contributed by atoms with Gasteiger partial charge in [0, 0.05) is 0 Å². The number of halogens is 2. The normalized spacial score (nSPS) is 15.3. The van der Waals surface area contributed by atoms with Gasteiger partial charge in [-0.2, -0.15) is 0 Å². The maximum absolute atomic E-state index is 13.0. The molecule has 1 aliphatic heterocycles. The molecule has 2 N–H and O–H groups in total. The maximum Gasteiger partial charge on any atom is 0.341 e. The van der Waals surface area contributed by atoms with E-state index >= 15 is 0 Å². The Morgan fingerprint density at radius 1 is 1.23 bits per heavy atom. The first-order valence-corrected chi connectivity index (χ1v) is 10.9. The Kier molecular flexibility index (Phi) is 7.11. The number of imide groups is 2. The summed E-state index contributed by atoms with van der Waals surface area (Å²) in [6, 6.07) is 9.33. The number of carbonyl (C=O) groups excluding carboxylic acids is 3. The second kappa shape index (κ2) is 9.60. The number of carboxylic acids is 1. The zero-order chi connectivity index (χ0) is 22.7. The molecule has 31 heavy (non-hydrogen) atoms. The van der Waals surface area contributed by atoms with E-state index in [0.717, 1.165) is 16.9 Å². The highest BCUT2D eigenvalue weighted by Crippen LogP contribution is 2.33. The molecule has 0 spiro atoms. The van der Waals surface area contributed by atoms with E-state index < -0.39 is 30.4 Å². The lowest BCUT2D eigenvalue weighted by molar-refractivity contribution is -0.139. The quantitative estimate of drug-likeness (QED) is 0.298. The molecule has 0 saturated carbocycles. The molecule has 0 unspecified atom stereocenters. The number of anilines is 1. The van der Waals surface area contributed by atoms with E-state index in [-0.39, 0.29) is 5.57 Å². The van der Waals surface area contributed by atoms with Crippen LogP contribution in [0, 0.1) is 3.57 Å². The number of nitrogens with zero attached hydrogens (tertiary/aromatic N) is 1. The zero-order valence-electron chi connectivity index (χ0n) is 16.1. The van der Waals surface area contributed by atoms with Gasteiger partial charge in [0.25, 0.3) is 11.8 Å². The SMILES string of the molecule is CCc1ccc(N2C(=O)NC(=O)/C(=C/c3cc(Br)c(OCC(=O)O)c(I)c3)C2=O)cc1. The number of aryl methyl sites for hydroxylation is 1. The molecule has 1 saturated heterocycles. The Balaban J connectivity index is 1.95. The number of hydrogen-bond acceptors (Lipinski definition) is 5. The first-order chi connectivity index (χ1) is 14.7. The van der Waals surface area contributed by atoms with Gasteiger partial charge < -0.3 is 9.84 Å². The molecular weight excluding hydrogens is 583 g/mol. The second-order valence-corrected chi connectivity index (χ2v) is 8.49. The number of hydrogen-bond donors (Lipinski definition) is 2. The van der Waals surface area contributed by atoms with Gasteiger partial charge in [0.15, 0.2) is 6.61 Å². The van der Waals surface area contributed by atoms with Gasteiger partial charge in [0.05, 0.1) is 13.7 Å². The fourth-order valence-corrected chi connectivity index (χ4v) is 4.64. The molecule has 0 atom stereocenters. The lowest BCUT2D eigenvalue weighted by Gasteiger charge is -2.26. The molecule has 1 heterocycles. The van der Waals surface area contributed by atoms with Gasteiger partial charge in [-0.3, -0.25) is 14.9 Å². The topological polar surface area (TPSA) is 113 Å². The highest BCUT2D eigenvalue weighted by Gasteiger charge is 2.36. The summed E-state index contributed by atoms with van der Waals surface area (Å²) in [6.45, 7) is 1.48. The number of amides is 4. The third-order valence-electron chi connectivity index (χ3n) is 4.38. The van der Waals surface area contributed by atoms with E-state index in [1.165, 1.54) is 6.08 Å². The van der Waals surface area contributed by atoms with Crippen LogP contribution in [-0.2, 0) is 20.8 Å². The number of nitrogens with one attached hydrogen (secondary N) is 1. The zero-order valence-corrected chi connectivity index (χ0v) is 19.9. The third kappa shape index (κ3) is 5.13. The molecule has 1 fully saturated rings. The van der Waals surface area contributed by atoms with Gasteiger partial charge in [-0.05, 0) is 86.4 Å². The molecule has 1 aliphatic rings. The van der Waals surface area contributed by atoms with Crippen molar-refractivity contribution in [2.45, 2.75) is 13.3 Å². The predicted molar refractivity (Wildman–Crippen MR) is 125 cm³/mol. The largest absolute Gasteiger partial charge is 0.480 e. The highest BCUT2D eigenvalue weighted by molar-refractivity contribution is 14.1. The van der Waals surface area contributed by atoms with Gasteiger partial charge in [0.2, 0.25) is 0 Å². The molecule has 0 radical (unpaired) electrons. The van der Waals surface area contributed by atoms with Crippen LogP contribution in [0.2, 0.25) is 0 Å². The van der Waals surface area contributed by atoms with E-state index in [0.29, 0.717) is 25.0 Å². The minimum Gasteiger partial charge on any atom is -0.480 e. The van der Waals surface area contributed by atoms with Crippen LogP contribution < -0.4 is 15.0 Å². The molecule has 4 amide bonds. The molecular formula is C21H16BrIN2O6. The van der Waals surface area contributed by atoms with Crippen molar-refractivity contribution in [2.24, 2.45) is 0 Å². The smallest absolute Gasteiger partial charge is 0.341 e. The summed E-state index contributed by atoms with van der Waals surface area (Å²) in [6.07, 6.45) is 2.18. The Bertz CT molecular complexity index is 1090. The van der Waals surface area contributed by atoms with Gasteiger partial charge >= 0.3 is 12.0 Å². The fourth-order valence-electron chi connectivity index (χ4n) is 2.87. The minimum atomic E-state index is -1.12. The van der Waals surface area contributed by atoms with Crippen LogP contribution in [0.5, 0.6) is 5.75 Å². The molecule has 3 rings (SSSR count). The molecule has 2 aromatic rings. The van der Waals surface area contributed by atoms with Crippen molar-refractivity contribution >= 4 is 74.1 Å². The average molecular weight is 599 g/mol. The van der Waals surface area contributed by atoms with Crippen molar-refractivity contribution in [3.05, 3.63) is 61.1 Å². The van der Waals surface area contributed by atoms with Crippen molar-refractivity contribution in [3.8, 4) is 5.75 Å². The molecule has 0 aliphatic carbocycles. The van der Waals surface area contributed by atoms with Gasteiger partial charge in [-0.15, -0.1) is 0 Å². The van der Waals surface area contributed by atoms with E-state index in [2.05, 4.69) is 21.2 Å². The summed E-state index contributed by atoms with van der Waals surface area (Å²) >= 11 is 5.27. The van der Waals surface area contributed by atoms with Crippen molar-refractivity contribution in [1.29, 1.82) is 0 Å². The monoisotopic (exact) mass is 598 g/mol. The number of ether oxygens (including phenoxy) is 1. The summed E-state index contributed by atoms with van der Waals surface area (Å²) in [5, 5.41) is 11.0. The molecule has 2 aromatic carbocycles. The van der Waals surface area contributed by atoms with Crippen LogP contribution >= 0.6 is 38.5 Å². The van der Waals surface area contributed by atoms with E-state index in [1.54, 1.807) is 24.3 Å². The van der Waals surface area contributed by atoms with Gasteiger partial charge in [-0.25, -0.2) is 14.5 Å². The highest BCUT2D eigenvalue weighted by atomic mass is 127. The molecule has 10 heteroatoms. The standard InChI is InChI=1S/C21H16BrIN2O6/c1-2-11-3-5-13(6-4-11)25-20(29)14(19(28)24-21(25)30)7-12-8-15(22)18(16(23)9-12)31-10-17(26)27/h3-9H,2,10H2,1H3,(H,26,27)(H,24,28,30)/b14-7-. The number of carboxylic acid groups (broad SMARTS) is 1. The number of barbiturate groups is 1.